The molecule has 0 atom stereocenters. The second kappa shape index (κ2) is 5.30. The van der Waals surface area contributed by atoms with Crippen molar-refractivity contribution < 1.29 is 14.7 Å². The summed E-state index contributed by atoms with van der Waals surface area (Å²) in [6.07, 6.45) is 1.00. The van der Waals surface area contributed by atoms with Gasteiger partial charge in [-0.2, -0.15) is 0 Å². The molecule has 1 saturated heterocycles. The molecule has 16 heavy (non-hydrogen) atoms. The summed E-state index contributed by atoms with van der Waals surface area (Å²) in [6, 6.07) is 0. The van der Waals surface area contributed by atoms with Gasteiger partial charge in [0.15, 0.2) is 0 Å². The molecule has 0 bridgehead atoms. The monoisotopic (exact) mass is 228 g/mol. The SMILES string of the molecule is CC(C)(CC(=O)N1CCCNCC1)C(=O)O. The van der Waals surface area contributed by atoms with Crippen molar-refractivity contribution in [3.63, 3.8) is 0 Å². The molecule has 0 unspecified atom stereocenters. The molecule has 0 aliphatic carbocycles. The topological polar surface area (TPSA) is 69.6 Å². The van der Waals surface area contributed by atoms with Crippen LogP contribution in [0, 0.1) is 5.41 Å². The molecule has 1 amide bonds. The second-order valence-electron chi connectivity index (χ2n) is 4.85. The van der Waals surface area contributed by atoms with Gasteiger partial charge in [0.05, 0.1) is 5.41 Å². The zero-order valence-electron chi connectivity index (χ0n) is 9.95. The van der Waals surface area contributed by atoms with Crippen LogP contribution in [0.5, 0.6) is 0 Å². The largest absolute Gasteiger partial charge is 0.481 e. The molecule has 0 aromatic heterocycles. The highest BCUT2D eigenvalue weighted by Crippen LogP contribution is 2.21. The van der Waals surface area contributed by atoms with Crippen LogP contribution in [-0.2, 0) is 9.59 Å². The Morgan fingerprint density at radius 3 is 2.62 bits per heavy atom. The molecule has 0 radical (unpaired) electrons. The van der Waals surface area contributed by atoms with Gasteiger partial charge in [0.1, 0.15) is 0 Å². The summed E-state index contributed by atoms with van der Waals surface area (Å²) < 4.78 is 0. The van der Waals surface area contributed by atoms with Crippen molar-refractivity contribution >= 4 is 11.9 Å². The highest BCUT2D eigenvalue weighted by Gasteiger charge is 2.32. The van der Waals surface area contributed by atoms with E-state index in [0.717, 1.165) is 26.1 Å². The van der Waals surface area contributed by atoms with E-state index in [0.29, 0.717) is 6.54 Å². The fourth-order valence-electron chi connectivity index (χ4n) is 1.66. The van der Waals surface area contributed by atoms with Crippen LogP contribution in [0.15, 0.2) is 0 Å². The number of nitrogens with zero attached hydrogens (tertiary/aromatic N) is 1. The van der Waals surface area contributed by atoms with Gasteiger partial charge in [-0.05, 0) is 26.8 Å². The number of carboxylic acid groups (broad SMARTS) is 1. The summed E-state index contributed by atoms with van der Waals surface area (Å²) >= 11 is 0. The van der Waals surface area contributed by atoms with Gasteiger partial charge in [0.25, 0.3) is 0 Å². The average Bonchev–Trinajstić information content (AvgIpc) is 2.44. The Labute approximate surface area is 95.8 Å². The maximum Gasteiger partial charge on any atom is 0.309 e. The maximum atomic E-state index is 11.9. The minimum Gasteiger partial charge on any atom is -0.481 e. The predicted octanol–water partition coefficient (Wildman–Crippen LogP) is 0.309. The van der Waals surface area contributed by atoms with E-state index in [1.54, 1.807) is 18.7 Å². The molecule has 0 spiro atoms. The number of hydrogen-bond donors (Lipinski definition) is 2. The Morgan fingerprint density at radius 1 is 1.31 bits per heavy atom. The van der Waals surface area contributed by atoms with Crippen molar-refractivity contribution in [2.45, 2.75) is 26.7 Å². The number of amides is 1. The van der Waals surface area contributed by atoms with Crippen molar-refractivity contribution in [2.24, 2.45) is 5.41 Å². The van der Waals surface area contributed by atoms with E-state index < -0.39 is 11.4 Å². The molecule has 1 heterocycles. The van der Waals surface area contributed by atoms with Crippen LogP contribution in [0.1, 0.15) is 26.7 Å². The van der Waals surface area contributed by atoms with Gasteiger partial charge >= 0.3 is 5.97 Å². The van der Waals surface area contributed by atoms with E-state index in [-0.39, 0.29) is 12.3 Å². The molecule has 1 rings (SSSR count). The lowest BCUT2D eigenvalue weighted by Gasteiger charge is -2.25. The van der Waals surface area contributed by atoms with E-state index in [1.807, 2.05) is 0 Å². The number of aliphatic carboxylic acids is 1. The van der Waals surface area contributed by atoms with Crippen molar-refractivity contribution in [1.29, 1.82) is 0 Å². The van der Waals surface area contributed by atoms with E-state index in [9.17, 15) is 9.59 Å². The lowest BCUT2D eigenvalue weighted by Crippen LogP contribution is -2.38. The third-order valence-electron chi connectivity index (χ3n) is 2.86. The van der Waals surface area contributed by atoms with Gasteiger partial charge in [0, 0.05) is 26.1 Å². The molecule has 2 N–H and O–H groups in total. The highest BCUT2D eigenvalue weighted by molar-refractivity contribution is 5.84. The number of hydrogen-bond acceptors (Lipinski definition) is 3. The summed E-state index contributed by atoms with van der Waals surface area (Å²) in [7, 11) is 0. The van der Waals surface area contributed by atoms with Gasteiger partial charge in [-0.15, -0.1) is 0 Å². The lowest BCUT2D eigenvalue weighted by molar-refractivity contribution is -0.151. The standard InChI is InChI=1S/C11H20N2O3/c1-11(2,10(15)16)8-9(14)13-6-3-4-12-5-7-13/h12H,3-8H2,1-2H3,(H,15,16). The van der Waals surface area contributed by atoms with Crippen LogP contribution in [0.25, 0.3) is 0 Å². The third kappa shape index (κ3) is 3.48. The number of rotatable bonds is 3. The van der Waals surface area contributed by atoms with Crippen molar-refractivity contribution in [3.05, 3.63) is 0 Å². The fourth-order valence-corrected chi connectivity index (χ4v) is 1.66. The molecular formula is C11H20N2O3. The molecule has 0 aromatic rings. The number of carbonyl (C=O) groups is 2. The Balaban J connectivity index is 2.53. The van der Waals surface area contributed by atoms with Gasteiger partial charge in [0.2, 0.25) is 5.91 Å². The Hall–Kier alpha value is -1.10. The van der Waals surface area contributed by atoms with Crippen molar-refractivity contribution in [1.82, 2.24) is 10.2 Å². The van der Waals surface area contributed by atoms with Crippen LogP contribution in [0.2, 0.25) is 0 Å². The normalized spacial score (nSPS) is 18.0. The fraction of sp³-hybridized carbons (Fsp3) is 0.818. The first kappa shape index (κ1) is 13.0. The van der Waals surface area contributed by atoms with Gasteiger partial charge < -0.3 is 15.3 Å². The molecule has 0 saturated carbocycles. The molecule has 0 aromatic carbocycles. The molecule has 5 heteroatoms. The Morgan fingerprint density at radius 2 is 2.00 bits per heavy atom. The summed E-state index contributed by atoms with van der Waals surface area (Å²) in [5.74, 6) is -0.982. The third-order valence-corrected chi connectivity index (χ3v) is 2.86. The molecule has 1 fully saturated rings. The Kier molecular flexibility index (Phi) is 4.29. The van der Waals surface area contributed by atoms with Crippen molar-refractivity contribution in [2.75, 3.05) is 26.2 Å². The van der Waals surface area contributed by atoms with Crippen LogP contribution < -0.4 is 5.32 Å². The summed E-state index contributed by atoms with van der Waals surface area (Å²) in [5.41, 5.74) is -0.975. The average molecular weight is 228 g/mol. The van der Waals surface area contributed by atoms with Gasteiger partial charge in [-0.1, -0.05) is 0 Å². The molecule has 1 aliphatic heterocycles. The minimum absolute atomic E-state index is 0.0592. The quantitative estimate of drug-likeness (QED) is 0.729. The van der Waals surface area contributed by atoms with Gasteiger partial charge in [-0.25, -0.2) is 0 Å². The highest BCUT2D eigenvalue weighted by atomic mass is 16.4. The zero-order chi connectivity index (χ0) is 12.2. The molecular weight excluding hydrogens is 208 g/mol. The molecule has 92 valence electrons. The Bertz CT molecular complexity index is 268. The predicted molar refractivity (Wildman–Crippen MR) is 60.1 cm³/mol. The first-order valence-electron chi connectivity index (χ1n) is 5.65. The van der Waals surface area contributed by atoms with Crippen molar-refractivity contribution in [3.8, 4) is 0 Å². The van der Waals surface area contributed by atoms with Crippen LogP contribution >= 0.6 is 0 Å². The smallest absolute Gasteiger partial charge is 0.309 e. The second-order valence-corrected chi connectivity index (χ2v) is 4.85. The minimum atomic E-state index is -0.975. The van der Waals surface area contributed by atoms with Gasteiger partial charge in [-0.3, -0.25) is 9.59 Å². The summed E-state index contributed by atoms with van der Waals surface area (Å²) in [4.78, 5) is 24.6. The molecule has 5 nitrogen and oxygen atoms in total. The van der Waals surface area contributed by atoms with Crippen LogP contribution in [0.3, 0.4) is 0 Å². The molecule has 1 aliphatic rings. The number of carbonyl (C=O) groups excluding carboxylic acids is 1. The van der Waals surface area contributed by atoms with E-state index in [2.05, 4.69) is 5.32 Å². The maximum absolute atomic E-state index is 11.9. The van der Waals surface area contributed by atoms with E-state index >= 15 is 0 Å². The first-order valence-corrected chi connectivity index (χ1v) is 5.65. The number of nitrogens with one attached hydrogen (secondary N) is 1. The van der Waals surface area contributed by atoms with Crippen LogP contribution in [-0.4, -0.2) is 48.1 Å². The van der Waals surface area contributed by atoms with E-state index in [4.69, 9.17) is 5.11 Å². The zero-order valence-corrected chi connectivity index (χ0v) is 9.95. The first-order chi connectivity index (χ1) is 7.43. The number of carboxylic acids is 1. The lowest BCUT2D eigenvalue weighted by atomic mass is 9.89. The summed E-state index contributed by atoms with van der Waals surface area (Å²) in [6.45, 7) is 6.29. The van der Waals surface area contributed by atoms with E-state index in [1.165, 1.54) is 0 Å². The summed E-state index contributed by atoms with van der Waals surface area (Å²) in [5, 5.41) is 12.2. The van der Waals surface area contributed by atoms with Crippen LogP contribution in [0.4, 0.5) is 0 Å².